The highest BCUT2D eigenvalue weighted by Gasteiger charge is 2.43. The second-order valence-electron chi connectivity index (χ2n) is 6.52. The van der Waals surface area contributed by atoms with Crippen LogP contribution in [0.5, 0.6) is 0 Å². The number of carbonyl (C=O) groups excluding carboxylic acids is 1. The molecule has 0 radical (unpaired) electrons. The lowest BCUT2D eigenvalue weighted by molar-refractivity contribution is 0.00717. The van der Waals surface area contributed by atoms with Gasteiger partial charge < -0.3 is 9.64 Å². The molecule has 1 aliphatic rings. The Morgan fingerprint density at radius 1 is 1.36 bits per heavy atom. The van der Waals surface area contributed by atoms with Crippen LogP contribution >= 0.6 is 21.6 Å². The van der Waals surface area contributed by atoms with Crippen LogP contribution in [-0.2, 0) is 4.74 Å². The summed E-state index contributed by atoms with van der Waals surface area (Å²) in [6, 6.07) is 5.80. The molecule has 0 bridgehead atoms. The number of nitrogens with zero attached hydrogens (tertiary/aromatic N) is 3. The molecule has 1 aromatic rings. The lowest BCUT2D eigenvalue weighted by atomic mass is 10.2. The minimum atomic E-state index is -0.686. The van der Waals surface area contributed by atoms with Crippen molar-refractivity contribution in [1.82, 2.24) is 14.8 Å². The molecule has 1 atom stereocenters. The summed E-state index contributed by atoms with van der Waals surface area (Å²) in [7, 11) is 4.87. The third kappa shape index (κ3) is 4.95. The zero-order chi connectivity index (χ0) is 18.5. The third-order valence-electron chi connectivity index (χ3n) is 3.48. The Labute approximate surface area is 157 Å². The van der Waals surface area contributed by atoms with Crippen LogP contribution in [-0.4, -0.2) is 45.1 Å². The average molecular weight is 380 g/mol. The second-order valence-corrected chi connectivity index (χ2v) is 8.87. The van der Waals surface area contributed by atoms with Gasteiger partial charge in [0.05, 0.1) is 0 Å². The Kier molecular flexibility index (Phi) is 6.46. The van der Waals surface area contributed by atoms with Gasteiger partial charge in [-0.1, -0.05) is 12.1 Å². The summed E-state index contributed by atoms with van der Waals surface area (Å²) in [5.41, 5.74) is -0.545. The fourth-order valence-corrected chi connectivity index (χ4v) is 5.03. The van der Waals surface area contributed by atoms with E-state index in [4.69, 9.17) is 4.74 Å². The molecule has 0 saturated heterocycles. The first-order valence-electron chi connectivity index (χ1n) is 8.15. The summed E-state index contributed by atoms with van der Waals surface area (Å²) in [6.07, 6.45) is 9.34. The van der Waals surface area contributed by atoms with Crippen molar-refractivity contribution in [3.8, 4) is 0 Å². The van der Waals surface area contributed by atoms with Crippen molar-refractivity contribution in [1.29, 1.82) is 0 Å². The minimum absolute atomic E-state index is 0.361. The average Bonchev–Trinajstić information content (AvgIpc) is 2.59. The highest BCUT2D eigenvalue weighted by Crippen LogP contribution is 2.46. The maximum absolute atomic E-state index is 12.7. The van der Waals surface area contributed by atoms with Gasteiger partial charge in [-0.05, 0) is 73.6 Å². The maximum atomic E-state index is 12.7. The molecule has 25 heavy (non-hydrogen) atoms. The van der Waals surface area contributed by atoms with Gasteiger partial charge in [-0.2, -0.15) is 0 Å². The standard InChI is InChI=1S/C18H25N3O2S2/c1-6-21-14-10-8-12-18(21,20(5)16(22)23-17(2,3)4)25-24-15-11-7-9-13-19-15/h7-14H,6H2,1-5H3. The predicted molar refractivity (Wildman–Crippen MR) is 105 cm³/mol. The minimum Gasteiger partial charge on any atom is -0.444 e. The summed E-state index contributed by atoms with van der Waals surface area (Å²) in [4.78, 5) is 20.1. The molecule has 5 nitrogen and oxygen atoms in total. The summed E-state index contributed by atoms with van der Waals surface area (Å²) in [5, 5.41) is 0.892. The van der Waals surface area contributed by atoms with E-state index < -0.39 is 10.6 Å². The normalized spacial score (nSPS) is 19.8. The van der Waals surface area contributed by atoms with Crippen LogP contribution < -0.4 is 0 Å². The van der Waals surface area contributed by atoms with E-state index >= 15 is 0 Å². The van der Waals surface area contributed by atoms with Gasteiger partial charge in [-0.3, -0.25) is 4.90 Å². The number of carbonyl (C=O) groups is 1. The first kappa shape index (κ1) is 19.7. The second kappa shape index (κ2) is 8.19. The molecule has 0 saturated carbocycles. The zero-order valence-electron chi connectivity index (χ0n) is 15.3. The third-order valence-corrected chi connectivity index (χ3v) is 6.36. The number of hydrogen-bond donors (Lipinski definition) is 0. The van der Waals surface area contributed by atoms with Crippen molar-refractivity contribution in [2.24, 2.45) is 0 Å². The van der Waals surface area contributed by atoms with Gasteiger partial charge >= 0.3 is 6.09 Å². The number of rotatable bonds is 5. The fraction of sp³-hybridized carbons (Fsp3) is 0.444. The zero-order valence-corrected chi connectivity index (χ0v) is 16.9. The molecule has 0 fully saturated rings. The van der Waals surface area contributed by atoms with Gasteiger partial charge in [-0.25, -0.2) is 9.78 Å². The number of ether oxygens (including phenoxy) is 1. The predicted octanol–water partition coefficient (Wildman–Crippen LogP) is 4.75. The van der Waals surface area contributed by atoms with Gasteiger partial charge in [0.1, 0.15) is 10.6 Å². The first-order valence-corrected chi connectivity index (χ1v) is 10.3. The molecule has 2 rings (SSSR count). The van der Waals surface area contributed by atoms with Gasteiger partial charge in [0.25, 0.3) is 0 Å². The van der Waals surface area contributed by atoms with Gasteiger partial charge in [0, 0.05) is 26.0 Å². The van der Waals surface area contributed by atoms with Crippen LogP contribution in [0.2, 0.25) is 0 Å². The topological polar surface area (TPSA) is 45.7 Å². The largest absolute Gasteiger partial charge is 0.444 e. The van der Waals surface area contributed by atoms with Crippen LogP contribution in [0, 0.1) is 0 Å². The van der Waals surface area contributed by atoms with E-state index in [1.54, 1.807) is 28.9 Å². The molecule has 7 heteroatoms. The number of hydrogen-bond acceptors (Lipinski definition) is 6. The highest BCUT2D eigenvalue weighted by molar-refractivity contribution is 8.77. The lowest BCUT2D eigenvalue weighted by Gasteiger charge is -2.46. The van der Waals surface area contributed by atoms with Crippen LogP contribution in [0.4, 0.5) is 4.79 Å². The fourth-order valence-electron chi connectivity index (χ4n) is 2.27. The molecule has 0 spiro atoms. The van der Waals surface area contributed by atoms with E-state index in [9.17, 15) is 4.79 Å². The number of amides is 1. The highest BCUT2D eigenvalue weighted by atomic mass is 33.1. The van der Waals surface area contributed by atoms with E-state index in [1.165, 1.54) is 10.8 Å². The van der Waals surface area contributed by atoms with Gasteiger partial charge in [0.15, 0.2) is 4.99 Å². The molecular weight excluding hydrogens is 354 g/mol. The molecule has 1 amide bonds. The van der Waals surface area contributed by atoms with E-state index in [-0.39, 0.29) is 6.09 Å². The number of aromatic nitrogens is 1. The quantitative estimate of drug-likeness (QED) is 0.543. The first-order chi connectivity index (χ1) is 11.8. The molecule has 0 aromatic carbocycles. The Hall–Kier alpha value is -1.60. The Morgan fingerprint density at radius 2 is 2.12 bits per heavy atom. The van der Waals surface area contributed by atoms with E-state index in [2.05, 4.69) is 16.8 Å². The van der Waals surface area contributed by atoms with Crippen molar-refractivity contribution in [3.63, 3.8) is 0 Å². The van der Waals surface area contributed by atoms with E-state index in [0.717, 1.165) is 11.6 Å². The SMILES string of the molecule is CCN1C=CC=CC1(SSc1ccccn1)N(C)C(=O)OC(C)(C)C. The van der Waals surface area contributed by atoms with E-state index in [0.29, 0.717) is 0 Å². The van der Waals surface area contributed by atoms with Crippen molar-refractivity contribution < 1.29 is 9.53 Å². The molecule has 1 aliphatic heterocycles. The van der Waals surface area contributed by atoms with Gasteiger partial charge in [0.2, 0.25) is 0 Å². The van der Waals surface area contributed by atoms with E-state index in [1.807, 2.05) is 63.4 Å². The van der Waals surface area contributed by atoms with Crippen LogP contribution in [0.15, 0.2) is 53.8 Å². The Balaban J connectivity index is 2.27. The molecule has 2 heterocycles. The Bertz CT molecular complexity index is 643. The molecule has 136 valence electrons. The van der Waals surface area contributed by atoms with Crippen molar-refractivity contribution in [2.45, 2.75) is 43.3 Å². The Morgan fingerprint density at radius 3 is 2.72 bits per heavy atom. The summed E-state index contributed by atoms with van der Waals surface area (Å²) in [5.74, 6) is 0. The molecule has 0 aliphatic carbocycles. The smallest absolute Gasteiger partial charge is 0.412 e. The number of allylic oxidation sites excluding steroid dienone is 2. The number of likely N-dealkylation sites (N-methyl/N-ethyl adjacent to an activating group) is 2. The van der Waals surface area contributed by atoms with Crippen molar-refractivity contribution in [3.05, 3.63) is 48.8 Å². The van der Waals surface area contributed by atoms with Crippen molar-refractivity contribution >= 4 is 27.7 Å². The van der Waals surface area contributed by atoms with Crippen molar-refractivity contribution in [2.75, 3.05) is 13.6 Å². The lowest BCUT2D eigenvalue weighted by Crippen LogP contribution is -2.57. The van der Waals surface area contributed by atoms with Crippen LogP contribution in [0.25, 0.3) is 0 Å². The number of pyridine rings is 1. The maximum Gasteiger partial charge on any atom is 0.412 e. The summed E-state index contributed by atoms with van der Waals surface area (Å²) < 4.78 is 5.59. The van der Waals surface area contributed by atoms with Gasteiger partial charge in [-0.15, -0.1) is 0 Å². The van der Waals surface area contributed by atoms with Crippen LogP contribution in [0.1, 0.15) is 27.7 Å². The molecule has 1 unspecified atom stereocenters. The molecule has 0 N–H and O–H groups in total. The van der Waals surface area contributed by atoms with Crippen LogP contribution in [0.3, 0.4) is 0 Å². The summed E-state index contributed by atoms with van der Waals surface area (Å²) >= 11 is 0. The summed E-state index contributed by atoms with van der Waals surface area (Å²) in [6.45, 7) is 8.43. The molecule has 1 aromatic heterocycles. The monoisotopic (exact) mass is 379 g/mol. The molecular formula is C18H25N3O2S2.